The Bertz CT molecular complexity index is 1590. The van der Waals surface area contributed by atoms with E-state index < -0.39 is 0 Å². The summed E-state index contributed by atoms with van der Waals surface area (Å²) in [7, 11) is 3.93. The average molecular weight is 452 g/mol. The molecule has 3 heterocycles. The highest BCUT2D eigenvalue weighted by molar-refractivity contribution is 5.89. The number of aryl methyl sites for hydroxylation is 3. The molecule has 8 heteroatoms. The molecule has 1 fully saturated rings. The normalized spacial score (nSPS) is 13.5. The fourth-order valence-corrected chi connectivity index (χ4v) is 4.42. The Balaban J connectivity index is 1.27. The summed E-state index contributed by atoms with van der Waals surface area (Å²) in [6, 6.07) is 13.9. The molecule has 2 N–H and O–H groups in total. The SMILES string of the molecule is Cc1c(Nc2nc(-c3ccc(-c4cn(C)c(C5CC5)n4)cc3)nn2C)ccc2c(=O)[nH]ccc12. The number of imidazole rings is 1. The Morgan fingerprint density at radius 2 is 1.74 bits per heavy atom. The molecule has 0 bridgehead atoms. The number of rotatable bonds is 5. The molecular formula is C26H25N7O. The number of anilines is 2. The molecule has 0 amide bonds. The van der Waals surface area contributed by atoms with Crippen molar-refractivity contribution >= 4 is 22.4 Å². The van der Waals surface area contributed by atoms with Gasteiger partial charge < -0.3 is 14.9 Å². The summed E-state index contributed by atoms with van der Waals surface area (Å²) in [4.78, 5) is 24.4. The number of aromatic nitrogens is 6. The maximum atomic E-state index is 12.1. The van der Waals surface area contributed by atoms with Crippen LogP contribution in [0, 0.1) is 6.92 Å². The van der Waals surface area contributed by atoms with Crippen molar-refractivity contribution in [3.63, 3.8) is 0 Å². The lowest BCUT2D eigenvalue weighted by Crippen LogP contribution is -2.06. The molecule has 5 aromatic rings. The standard InChI is InChI=1S/C26H25N7O/c1-15-19-12-13-27-25(34)20(19)10-11-21(15)29-26-30-23(31-33(26)3)17-6-4-16(5-7-17)22-14-32(2)24(28-22)18-8-9-18/h4-7,10-14,18H,8-9H2,1-3H3,(H,27,34)(H,29,30,31). The van der Waals surface area contributed by atoms with E-state index in [1.165, 1.54) is 18.7 Å². The first-order valence-corrected chi connectivity index (χ1v) is 11.4. The summed E-state index contributed by atoms with van der Waals surface area (Å²) in [6.07, 6.45) is 6.25. The van der Waals surface area contributed by atoms with Crippen LogP contribution >= 0.6 is 0 Å². The molecule has 0 unspecified atom stereocenters. The third-order valence-electron chi connectivity index (χ3n) is 6.53. The van der Waals surface area contributed by atoms with Crippen LogP contribution in [0.3, 0.4) is 0 Å². The van der Waals surface area contributed by atoms with Crippen LogP contribution in [0.4, 0.5) is 11.6 Å². The van der Waals surface area contributed by atoms with Crippen LogP contribution in [0.15, 0.2) is 59.7 Å². The number of H-pyrrole nitrogens is 1. The first-order chi connectivity index (χ1) is 16.5. The molecule has 1 saturated carbocycles. The van der Waals surface area contributed by atoms with Crippen molar-refractivity contribution < 1.29 is 0 Å². The summed E-state index contributed by atoms with van der Waals surface area (Å²) in [6.45, 7) is 1.99. The fourth-order valence-electron chi connectivity index (χ4n) is 4.42. The molecule has 3 aromatic heterocycles. The van der Waals surface area contributed by atoms with Crippen molar-refractivity contribution in [1.82, 2.24) is 29.3 Å². The van der Waals surface area contributed by atoms with Crippen LogP contribution in [0.25, 0.3) is 33.4 Å². The van der Waals surface area contributed by atoms with Gasteiger partial charge in [0, 0.05) is 54.6 Å². The monoisotopic (exact) mass is 451 g/mol. The van der Waals surface area contributed by atoms with Crippen LogP contribution in [0.5, 0.6) is 0 Å². The van der Waals surface area contributed by atoms with Gasteiger partial charge in [0.05, 0.1) is 5.69 Å². The second-order valence-corrected chi connectivity index (χ2v) is 8.96. The molecule has 34 heavy (non-hydrogen) atoms. The number of hydrogen-bond donors (Lipinski definition) is 2. The molecule has 0 aliphatic heterocycles. The Kier molecular flexibility index (Phi) is 4.62. The molecule has 6 rings (SSSR count). The lowest BCUT2D eigenvalue weighted by molar-refractivity contribution is 0.778. The van der Waals surface area contributed by atoms with E-state index in [2.05, 4.69) is 45.3 Å². The Morgan fingerprint density at radius 1 is 0.971 bits per heavy atom. The van der Waals surface area contributed by atoms with Crippen molar-refractivity contribution in [2.45, 2.75) is 25.7 Å². The topological polar surface area (TPSA) is 93.4 Å². The van der Waals surface area contributed by atoms with Crippen molar-refractivity contribution in [2.75, 3.05) is 5.32 Å². The van der Waals surface area contributed by atoms with Crippen LogP contribution < -0.4 is 10.9 Å². The van der Waals surface area contributed by atoms with E-state index >= 15 is 0 Å². The van der Waals surface area contributed by atoms with E-state index in [9.17, 15) is 4.79 Å². The smallest absolute Gasteiger partial charge is 0.255 e. The fraction of sp³-hybridized carbons (Fsp3) is 0.231. The zero-order chi connectivity index (χ0) is 23.4. The Morgan fingerprint density at radius 3 is 2.50 bits per heavy atom. The number of nitrogens with zero attached hydrogens (tertiary/aromatic N) is 5. The zero-order valence-electron chi connectivity index (χ0n) is 19.3. The highest BCUT2D eigenvalue weighted by Crippen LogP contribution is 2.40. The highest BCUT2D eigenvalue weighted by atomic mass is 16.1. The molecule has 0 spiro atoms. The van der Waals surface area contributed by atoms with Crippen LogP contribution in [0.1, 0.15) is 30.1 Å². The van der Waals surface area contributed by atoms with Crippen molar-refractivity contribution in [2.24, 2.45) is 14.1 Å². The van der Waals surface area contributed by atoms with Crippen LogP contribution in [0.2, 0.25) is 0 Å². The predicted molar refractivity (Wildman–Crippen MR) is 133 cm³/mol. The highest BCUT2D eigenvalue weighted by Gasteiger charge is 2.28. The molecular weight excluding hydrogens is 426 g/mol. The van der Waals surface area contributed by atoms with Gasteiger partial charge in [-0.25, -0.2) is 9.67 Å². The van der Waals surface area contributed by atoms with E-state index in [4.69, 9.17) is 9.97 Å². The number of aromatic amines is 1. The minimum atomic E-state index is -0.0917. The number of fused-ring (bicyclic) bond motifs is 1. The summed E-state index contributed by atoms with van der Waals surface area (Å²) >= 11 is 0. The van der Waals surface area contributed by atoms with E-state index in [1.807, 2.05) is 44.3 Å². The van der Waals surface area contributed by atoms with E-state index in [0.717, 1.165) is 33.5 Å². The first kappa shape index (κ1) is 20.4. The molecule has 0 saturated heterocycles. The minimum absolute atomic E-state index is 0.0917. The van der Waals surface area contributed by atoms with Crippen molar-refractivity contribution in [1.29, 1.82) is 0 Å². The third-order valence-corrected chi connectivity index (χ3v) is 6.53. The average Bonchev–Trinajstić information content (AvgIpc) is 3.51. The number of benzene rings is 2. The molecule has 2 aromatic carbocycles. The van der Waals surface area contributed by atoms with Gasteiger partial charge in [-0.15, -0.1) is 5.10 Å². The first-order valence-electron chi connectivity index (χ1n) is 11.4. The zero-order valence-corrected chi connectivity index (χ0v) is 19.3. The van der Waals surface area contributed by atoms with Crippen molar-refractivity contribution in [3.05, 3.63) is 76.6 Å². The van der Waals surface area contributed by atoms with Gasteiger partial charge in [-0.2, -0.15) is 4.98 Å². The van der Waals surface area contributed by atoms with E-state index in [1.54, 1.807) is 10.9 Å². The molecule has 1 aliphatic carbocycles. The maximum Gasteiger partial charge on any atom is 0.255 e. The largest absolute Gasteiger partial charge is 0.337 e. The van der Waals surface area contributed by atoms with E-state index in [-0.39, 0.29) is 5.56 Å². The van der Waals surface area contributed by atoms with Crippen LogP contribution in [-0.4, -0.2) is 29.3 Å². The van der Waals surface area contributed by atoms with Crippen LogP contribution in [-0.2, 0) is 14.1 Å². The molecule has 8 nitrogen and oxygen atoms in total. The number of hydrogen-bond acceptors (Lipinski definition) is 5. The summed E-state index contributed by atoms with van der Waals surface area (Å²) in [5.41, 5.74) is 4.80. The molecule has 170 valence electrons. The van der Waals surface area contributed by atoms with Gasteiger partial charge in [0.25, 0.3) is 5.56 Å². The van der Waals surface area contributed by atoms with Gasteiger partial charge in [0.15, 0.2) is 5.82 Å². The molecule has 1 aliphatic rings. The molecule has 0 radical (unpaired) electrons. The van der Waals surface area contributed by atoms with Gasteiger partial charge in [-0.05, 0) is 48.9 Å². The predicted octanol–water partition coefficient (Wildman–Crippen LogP) is 4.65. The van der Waals surface area contributed by atoms with Crippen molar-refractivity contribution in [3.8, 4) is 22.6 Å². The quantitative estimate of drug-likeness (QED) is 0.406. The van der Waals surface area contributed by atoms with Gasteiger partial charge in [0.1, 0.15) is 5.82 Å². The lowest BCUT2D eigenvalue weighted by Gasteiger charge is -2.10. The second kappa shape index (κ2) is 7.69. The third kappa shape index (κ3) is 3.48. The van der Waals surface area contributed by atoms with Gasteiger partial charge in [-0.1, -0.05) is 24.3 Å². The second-order valence-electron chi connectivity index (χ2n) is 8.96. The molecule has 0 atom stereocenters. The van der Waals surface area contributed by atoms with E-state index in [0.29, 0.717) is 23.1 Å². The maximum absolute atomic E-state index is 12.1. The van der Waals surface area contributed by atoms with Gasteiger partial charge in [0.2, 0.25) is 5.95 Å². The Labute approximate surface area is 196 Å². The summed E-state index contributed by atoms with van der Waals surface area (Å²) < 4.78 is 3.87. The summed E-state index contributed by atoms with van der Waals surface area (Å²) in [5, 5.41) is 9.55. The number of nitrogens with one attached hydrogen (secondary N) is 2. The lowest BCUT2D eigenvalue weighted by atomic mass is 10.1. The minimum Gasteiger partial charge on any atom is -0.337 e. The van der Waals surface area contributed by atoms with Gasteiger partial charge >= 0.3 is 0 Å². The number of pyridine rings is 1. The Hall–Kier alpha value is -4.20. The van der Waals surface area contributed by atoms with Gasteiger partial charge in [-0.3, -0.25) is 4.79 Å². The summed E-state index contributed by atoms with van der Waals surface area (Å²) in [5.74, 6) is 3.07.